The van der Waals surface area contributed by atoms with Crippen LogP contribution in [0.4, 0.5) is 5.69 Å². The number of aromatic nitrogens is 2. The molecule has 7 nitrogen and oxygen atoms in total. The number of H-pyrrole nitrogens is 1. The molecule has 24 heavy (non-hydrogen) atoms. The van der Waals surface area contributed by atoms with E-state index < -0.39 is 23.1 Å². The molecule has 0 aliphatic carbocycles. The third-order valence-corrected chi connectivity index (χ3v) is 4.28. The Labute approximate surface area is 141 Å². The molecule has 1 aliphatic heterocycles. The smallest absolute Gasteiger partial charge is 0.262 e. The highest BCUT2D eigenvalue weighted by atomic mass is 32.1. The summed E-state index contributed by atoms with van der Waals surface area (Å²) in [5.41, 5.74) is -0.227. The van der Waals surface area contributed by atoms with Gasteiger partial charge >= 0.3 is 0 Å². The first-order valence-corrected chi connectivity index (χ1v) is 7.39. The highest BCUT2D eigenvalue weighted by molar-refractivity contribution is 7.71. The van der Waals surface area contributed by atoms with Crippen LogP contribution in [0.2, 0.25) is 0 Å². The summed E-state index contributed by atoms with van der Waals surface area (Å²) in [5, 5.41) is 10.1. The molecular weight excluding hydrogens is 330 g/mol. The standard InChI is InChI=1S/C16H13N3O4S/c1-18-11-6-4-3-5-8(11)12(20)9(14(18)22)7-10-13(21)17-16(24)19(2)15(10)23/h3-7,23H,1-2H3,(H,17,21,24)/b9-7-. The maximum Gasteiger partial charge on any atom is 0.262 e. The first-order chi connectivity index (χ1) is 11.3. The van der Waals surface area contributed by atoms with Gasteiger partial charge in [-0.1, -0.05) is 12.1 Å². The van der Waals surface area contributed by atoms with Gasteiger partial charge in [-0.05, 0) is 30.4 Å². The van der Waals surface area contributed by atoms with Crippen LogP contribution < -0.4 is 10.5 Å². The third kappa shape index (κ3) is 2.28. The second-order valence-corrected chi connectivity index (χ2v) is 5.71. The number of nitrogens with zero attached hydrogens (tertiary/aromatic N) is 2. The monoisotopic (exact) mass is 343 g/mol. The number of carbonyl (C=O) groups excluding carboxylic acids is 2. The molecule has 1 aliphatic rings. The number of ketones is 1. The van der Waals surface area contributed by atoms with E-state index in [0.29, 0.717) is 11.3 Å². The van der Waals surface area contributed by atoms with Gasteiger partial charge in [0.2, 0.25) is 11.7 Å². The summed E-state index contributed by atoms with van der Waals surface area (Å²) >= 11 is 4.89. The lowest BCUT2D eigenvalue weighted by molar-refractivity contribution is -0.114. The molecule has 1 aromatic heterocycles. The van der Waals surface area contributed by atoms with Crippen LogP contribution in [0.1, 0.15) is 15.9 Å². The van der Waals surface area contributed by atoms with Crippen molar-refractivity contribution in [2.75, 3.05) is 11.9 Å². The molecule has 0 unspecified atom stereocenters. The van der Waals surface area contributed by atoms with Gasteiger partial charge in [-0.2, -0.15) is 0 Å². The zero-order valence-electron chi connectivity index (χ0n) is 12.9. The van der Waals surface area contributed by atoms with Crippen molar-refractivity contribution in [3.8, 4) is 5.88 Å². The largest absolute Gasteiger partial charge is 0.494 e. The van der Waals surface area contributed by atoms with E-state index in [4.69, 9.17) is 12.2 Å². The third-order valence-electron chi connectivity index (χ3n) is 3.91. The maximum absolute atomic E-state index is 12.6. The van der Waals surface area contributed by atoms with Gasteiger partial charge in [-0.3, -0.25) is 23.9 Å². The van der Waals surface area contributed by atoms with Crippen LogP contribution in [-0.4, -0.2) is 33.4 Å². The Morgan fingerprint density at radius 1 is 1.17 bits per heavy atom. The van der Waals surface area contributed by atoms with Gasteiger partial charge in [0.15, 0.2) is 4.77 Å². The molecule has 1 aromatic carbocycles. The molecule has 3 rings (SSSR count). The van der Waals surface area contributed by atoms with E-state index in [2.05, 4.69) is 4.98 Å². The van der Waals surface area contributed by atoms with Crippen molar-refractivity contribution in [1.82, 2.24) is 9.55 Å². The molecule has 122 valence electrons. The summed E-state index contributed by atoms with van der Waals surface area (Å²) in [6, 6.07) is 6.68. The molecule has 8 heteroatoms. The van der Waals surface area contributed by atoms with E-state index in [0.717, 1.165) is 6.08 Å². The highest BCUT2D eigenvalue weighted by Gasteiger charge is 2.32. The molecule has 0 bridgehead atoms. The fraction of sp³-hybridized carbons (Fsp3) is 0.125. The van der Waals surface area contributed by atoms with Gasteiger partial charge in [0.25, 0.3) is 11.5 Å². The Morgan fingerprint density at radius 2 is 1.83 bits per heavy atom. The number of hydrogen-bond donors (Lipinski definition) is 2. The Balaban J connectivity index is 2.25. The zero-order chi connectivity index (χ0) is 17.6. The predicted octanol–water partition coefficient (Wildman–Crippen LogP) is 1.39. The van der Waals surface area contributed by atoms with Gasteiger partial charge in [-0.15, -0.1) is 0 Å². The van der Waals surface area contributed by atoms with Crippen molar-refractivity contribution in [2.24, 2.45) is 7.05 Å². The zero-order valence-corrected chi connectivity index (χ0v) is 13.7. The average Bonchev–Trinajstić information content (AvgIpc) is 2.57. The Bertz CT molecular complexity index is 1030. The second-order valence-electron chi connectivity index (χ2n) is 5.32. The van der Waals surface area contributed by atoms with Crippen molar-refractivity contribution >= 4 is 35.7 Å². The summed E-state index contributed by atoms with van der Waals surface area (Å²) in [6.07, 6.45) is 1.10. The number of aromatic hydroxyl groups is 1. The number of rotatable bonds is 1. The van der Waals surface area contributed by atoms with Crippen molar-refractivity contribution < 1.29 is 14.7 Å². The lowest BCUT2D eigenvalue weighted by atomic mass is 9.94. The van der Waals surface area contributed by atoms with Gasteiger partial charge in [0.05, 0.1) is 11.3 Å². The molecular formula is C16H13N3O4S. The van der Waals surface area contributed by atoms with Crippen LogP contribution in [0.5, 0.6) is 5.88 Å². The highest BCUT2D eigenvalue weighted by Crippen LogP contribution is 2.30. The van der Waals surface area contributed by atoms with Crippen LogP contribution in [0.3, 0.4) is 0 Å². The van der Waals surface area contributed by atoms with E-state index in [9.17, 15) is 19.5 Å². The Morgan fingerprint density at radius 3 is 2.54 bits per heavy atom. The van der Waals surface area contributed by atoms with Crippen LogP contribution in [0.25, 0.3) is 6.08 Å². The minimum Gasteiger partial charge on any atom is -0.494 e. The number of hydrogen-bond acceptors (Lipinski definition) is 5. The van der Waals surface area contributed by atoms with Crippen LogP contribution in [-0.2, 0) is 11.8 Å². The summed E-state index contributed by atoms with van der Waals surface area (Å²) < 4.78 is 1.21. The van der Waals surface area contributed by atoms with Crippen molar-refractivity contribution in [1.29, 1.82) is 0 Å². The number of benzene rings is 1. The van der Waals surface area contributed by atoms with E-state index in [-0.39, 0.29) is 15.9 Å². The molecule has 2 aromatic rings. The molecule has 1 amide bonds. The molecule has 0 fully saturated rings. The summed E-state index contributed by atoms with van der Waals surface area (Å²) in [4.78, 5) is 40.9. The predicted molar refractivity (Wildman–Crippen MR) is 90.7 cm³/mol. The molecule has 2 N–H and O–H groups in total. The van der Waals surface area contributed by atoms with E-state index >= 15 is 0 Å². The molecule has 0 saturated heterocycles. The maximum atomic E-state index is 12.6. The van der Waals surface area contributed by atoms with Crippen LogP contribution in [0.15, 0.2) is 34.6 Å². The number of aromatic amines is 1. The number of nitrogens with one attached hydrogen (secondary N) is 1. The van der Waals surface area contributed by atoms with E-state index in [1.807, 2.05) is 0 Å². The number of anilines is 1. The fourth-order valence-electron chi connectivity index (χ4n) is 2.52. The summed E-state index contributed by atoms with van der Waals surface area (Å²) in [6.45, 7) is 0. The van der Waals surface area contributed by atoms with Crippen molar-refractivity contribution in [3.05, 3.63) is 56.1 Å². The van der Waals surface area contributed by atoms with E-state index in [1.165, 1.54) is 23.6 Å². The lowest BCUT2D eigenvalue weighted by Gasteiger charge is -2.26. The number of fused-ring (bicyclic) bond motifs is 1. The Kier molecular flexibility index (Phi) is 3.69. The van der Waals surface area contributed by atoms with Crippen LogP contribution >= 0.6 is 12.2 Å². The number of Topliss-reactive ketones (excluding diaryl/α,β-unsaturated/α-hetero) is 1. The minimum atomic E-state index is -0.676. The van der Waals surface area contributed by atoms with Gasteiger partial charge < -0.3 is 10.0 Å². The van der Waals surface area contributed by atoms with Gasteiger partial charge in [0.1, 0.15) is 5.56 Å². The van der Waals surface area contributed by atoms with Crippen molar-refractivity contribution in [2.45, 2.75) is 0 Å². The second kappa shape index (κ2) is 5.57. The normalized spacial score (nSPS) is 15.8. The SMILES string of the molecule is CN1C(=O)/C(=C\c2c(O)n(C)c(=S)[nH]c2=O)C(=O)c2ccccc21. The first-order valence-electron chi connectivity index (χ1n) is 6.98. The van der Waals surface area contributed by atoms with Gasteiger partial charge in [0, 0.05) is 19.7 Å². The Hall–Kier alpha value is -3.00. The summed E-state index contributed by atoms with van der Waals surface area (Å²) in [7, 11) is 3.00. The quantitative estimate of drug-likeness (QED) is 0.463. The number of amides is 1. The number of likely N-dealkylation sites (N-methyl/N-ethyl adjacent to an activating group) is 1. The van der Waals surface area contributed by atoms with E-state index in [1.54, 1.807) is 24.3 Å². The lowest BCUT2D eigenvalue weighted by Crippen LogP contribution is -2.36. The first kappa shape index (κ1) is 15.9. The van der Waals surface area contributed by atoms with Crippen LogP contribution in [0, 0.1) is 4.77 Å². The topological polar surface area (TPSA) is 95.4 Å². The summed E-state index contributed by atoms with van der Waals surface area (Å²) in [5.74, 6) is -1.47. The average molecular weight is 343 g/mol. The number of para-hydroxylation sites is 1. The minimum absolute atomic E-state index is 0.0309. The molecule has 0 atom stereocenters. The van der Waals surface area contributed by atoms with Crippen molar-refractivity contribution in [3.63, 3.8) is 0 Å². The molecule has 0 spiro atoms. The number of carbonyl (C=O) groups is 2. The molecule has 0 saturated carbocycles. The molecule has 2 heterocycles. The van der Waals surface area contributed by atoms with Gasteiger partial charge in [-0.25, -0.2) is 0 Å². The molecule has 0 radical (unpaired) electrons. The fourth-order valence-corrected chi connectivity index (χ4v) is 2.70.